The maximum atomic E-state index is 5.76. The first-order valence-corrected chi connectivity index (χ1v) is 6.91. The fourth-order valence-corrected chi connectivity index (χ4v) is 1.83. The first-order chi connectivity index (χ1) is 9.38. The molecule has 0 spiro atoms. The van der Waals surface area contributed by atoms with E-state index >= 15 is 0 Å². The van der Waals surface area contributed by atoms with Crippen LogP contribution in [0.1, 0.15) is 25.3 Å². The summed E-state index contributed by atoms with van der Waals surface area (Å²) < 4.78 is 5.76. The molecule has 0 aromatic heterocycles. The van der Waals surface area contributed by atoms with Crippen LogP contribution < -0.4 is 10.1 Å². The number of unbranched alkanes of at least 4 members (excludes halogenated alkanes) is 1. The zero-order valence-electron chi connectivity index (χ0n) is 11.4. The Kier molecular flexibility index (Phi) is 5.45. The minimum absolute atomic E-state index is 0.872. The molecule has 19 heavy (non-hydrogen) atoms. The van der Waals surface area contributed by atoms with Gasteiger partial charge in [-0.3, -0.25) is 0 Å². The van der Waals surface area contributed by atoms with Gasteiger partial charge in [-0.25, -0.2) is 0 Å². The van der Waals surface area contributed by atoms with Crippen molar-refractivity contribution in [1.29, 1.82) is 0 Å². The van der Waals surface area contributed by atoms with Crippen LogP contribution in [0.4, 0.5) is 0 Å². The maximum absolute atomic E-state index is 5.76. The second kappa shape index (κ2) is 7.59. The molecule has 2 aromatic carbocycles. The zero-order chi connectivity index (χ0) is 13.3. The van der Waals surface area contributed by atoms with Crippen LogP contribution in [0.3, 0.4) is 0 Å². The first-order valence-electron chi connectivity index (χ1n) is 6.91. The average Bonchev–Trinajstić information content (AvgIpc) is 2.46. The van der Waals surface area contributed by atoms with Crippen molar-refractivity contribution in [3.63, 3.8) is 0 Å². The van der Waals surface area contributed by atoms with E-state index in [4.69, 9.17) is 4.74 Å². The molecule has 2 rings (SSSR count). The minimum atomic E-state index is 0.872. The summed E-state index contributed by atoms with van der Waals surface area (Å²) in [6.07, 6.45) is 2.46. The summed E-state index contributed by atoms with van der Waals surface area (Å²) in [6.45, 7) is 4.21. The van der Waals surface area contributed by atoms with E-state index in [1.807, 2.05) is 42.5 Å². The molecular formula is C17H21NO. The molecule has 0 saturated heterocycles. The Morgan fingerprint density at radius 3 is 2.26 bits per heavy atom. The van der Waals surface area contributed by atoms with Crippen LogP contribution >= 0.6 is 0 Å². The number of hydrogen-bond acceptors (Lipinski definition) is 2. The van der Waals surface area contributed by atoms with E-state index < -0.39 is 0 Å². The van der Waals surface area contributed by atoms with Gasteiger partial charge in [0.15, 0.2) is 0 Å². The van der Waals surface area contributed by atoms with Crippen LogP contribution in [0.2, 0.25) is 0 Å². The van der Waals surface area contributed by atoms with E-state index in [1.54, 1.807) is 0 Å². The predicted octanol–water partition coefficient (Wildman–Crippen LogP) is 4.37. The number of hydrogen-bond donors (Lipinski definition) is 1. The molecule has 0 amide bonds. The Bertz CT molecular complexity index is 464. The van der Waals surface area contributed by atoms with Gasteiger partial charge in [0, 0.05) is 6.54 Å². The molecule has 0 aliphatic rings. The molecule has 0 bridgehead atoms. The summed E-state index contributed by atoms with van der Waals surface area (Å²) in [5.74, 6) is 1.75. The second-order valence-electron chi connectivity index (χ2n) is 4.59. The van der Waals surface area contributed by atoms with Crippen molar-refractivity contribution in [1.82, 2.24) is 5.32 Å². The summed E-state index contributed by atoms with van der Waals surface area (Å²) in [6, 6.07) is 18.1. The first kappa shape index (κ1) is 13.6. The van der Waals surface area contributed by atoms with Gasteiger partial charge in [-0.05, 0) is 42.8 Å². The highest BCUT2D eigenvalue weighted by Gasteiger charge is 1.97. The Morgan fingerprint density at radius 1 is 0.895 bits per heavy atom. The standard InChI is InChI=1S/C17H21NO/c1-2-3-13-18-14-15-9-11-17(12-10-15)19-16-7-5-4-6-8-16/h4-12,18H,2-3,13-14H2,1H3. The van der Waals surface area contributed by atoms with Gasteiger partial charge in [-0.2, -0.15) is 0 Å². The highest BCUT2D eigenvalue weighted by atomic mass is 16.5. The lowest BCUT2D eigenvalue weighted by molar-refractivity contribution is 0.482. The number of benzene rings is 2. The highest BCUT2D eigenvalue weighted by Crippen LogP contribution is 2.20. The number of para-hydroxylation sites is 1. The third-order valence-electron chi connectivity index (χ3n) is 2.94. The maximum Gasteiger partial charge on any atom is 0.127 e. The summed E-state index contributed by atoms with van der Waals surface area (Å²) in [7, 11) is 0. The third-order valence-corrected chi connectivity index (χ3v) is 2.94. The summed E-state index contributed by atoms with van der Waals surface area (Å²) in [4.78, 5) is 0. The Hall–Kier alpha value is -1.80. The van der Waals surface area contributed by atoms with Crippen LogP contribution in [0.5, 0.6) is 11.5 Å². The zero-order valence-corrected chi connectivity index (χ0v) is 11.4. The Labute approximate surface area is 115 Å². The minimum Gasteiger partial charge on any atom is -0.457 e. The quantitative estimate of drug-likeness (QED) is 0.742. The van der Waals surface area contributed by atoms with Gasteiger partial charge in [0.25, 0.3) is 0 Å². The van der Waals surface area contributed by atoms with Crippen molar-refractivity contribution in [2.24, 2.45) is 0 Å². The van der Waals surface area contributed by atoms with Crippen molar-refractivity contribution >= 4 is 0 Å². The lowest BCUT2D eigenvalue weighted by Crippen LogP contribution is -2.14. The number of ether oxygens (including phenoxy) is 1. The molecule has 2 heteroatoms. The van der Waals surface area contributed by atoms with Crippen LogP contribution in [-0.2, 0) is 6.54 Å². The largest absolute Gasteiger partial charge is 0.457 e. The predicted molar refractivity (Wildman–Crippen MR) is 79.6 cm³/mol. The number of nitrogens with one attached hydrogen (secondary N) is 1. The summed E-state index contributed by atoms with van der Waals surface area (Å²) in [5.41, 5.74) is 1.29. The van der Waals surface area contributed by atoms with Crippen LogP contribution in [-0.4, -0.2) is 6.54 Å². The summed E-state index contributed by atoms with van der Waals surface area (Å²) in [5, 5.41) is 3.43. The van der Waals surface area contributed by atoms with Crippen LogP contribution in [0.25, 0.3) is 0 Å². The molecule has 2 nitrogen and oxygen atoms in total. The fourth-order valence-electron chi connectivity index (χ4n) is 1.83. The van der Waals surface area contributed by atoms with E-state index in [1.165, 1.54) is 18.4 Å². The number of rotatable bonds is 7. The van der Waals surface area contributed by atoms with Crippen molar-refractivity contribution in [2.45, 2.75) is 26.3 Å². The lowest BCUT2D eigenvalue weighted by Gasteiger charge is -2.07. The fraction of sp³-hybridized carbons (Fsp3) is 0.294. The van der Waals surface area contributed by atoms with Gasteiger partial charge in [-0.15, -0.1) is 0 Å². The molecular weight excluding hydrogens is 234 g/mol. The smallest absolute Gasteiger partial charge is 0.127 e. The highest BCUT2D eigenvalue weighted by molar-refractivity contribution is 5.32. The van der Waals surface area contributed by atoms with E-state index in [0.29, 0.717) is 0 Å². The molecule has 0 aliphatic carbocycles. The molecule has 0 unspecified atom stereocenters. The van der Waals surface area contributed by atoms with Gasteiger partial charge in [0.05, 0.1) is 0 Å². The normalized spacial score (nSPS) is 10.4. The van der Waals surface area contributed by atoms with Crippen LogP contribution in [0.15, 0.2) is 54.6 Å². The average molecular weight is 255 g/mol. The van der Waals surface area contributed by atoms with Gasteiger partial charge < -0.3 is 10.1 Å². The van der Waals surface area contributed by atoms with Gasteiger partial charge in [0.1, 0.15) is 11.5 Å². The third kappa shape index (κ3) is 4.76. The van der Waals surface area contributed by atoms with E-state index in [-0.39, 0.29) is 0 Å². The van der Waals surface area contributed by atoms with Crippen molar-refractivity contribution in [3.05, 3.63) is 60.2 Å². The SMILES string of the molecule is CCCCNCc1ccc(Oc2ccccc2)cc1. The topological polar surface area (TPSA) is 21.3 Å². The molecule has 100 valence electrons. The van der Waals surface area contributed by atoms with E-state index in [0.717, 1.165) is 24.6 Å². The van der Waals surface area contributed by atoms with Gasteiger partial charge in [0.2, 0.25) is 0 Å². The lowest BCUT2D eigenvalue weighted by atomic mass is 10.2. The second-order valence-corrected chi connectivity index (χ2v) is 4.59. The molecule has 0 fully saturated rings. The molecule has 0 radical (unpaired) electrons. The molecule has 0 aliphatic heterocycles. The van der Waals surface area contributed by atoms with Gasteiger partial charge in [-0.1, -0.05) is 43.7 Å². The molecule has 0 atom stereocenters. The van der Waals surface area contributed by atoms with Gasteiger partial charge >= 0.3 is 0 Å². The van der Waals surface area contributed by atoms with Crippen molar-refractivity contribution < 1.29 is 4.74 Å². The molecule has 0 saturated carbocycles. The van der Waals surface area contributed by atoms with E-state index in [2.05, 4.69) is 24.4 Å². The molecule has 0 heterocycles. The summed E-state index contributed by atoms with van der Waals surface area (Å²) >= 11 is 0. The molecule has 2 aromatic rings. The molecule has 1 N–H and O–H groups in total. The Balaban J connectivity index is 1.84. The van der Waals surface area contributed by atoms with Crippen molar-refractivity contribution in [2.75, 3.05) is 6.54 Å². The van der Waals surface area contributed by atoms with Crippen molar-refractivity contribution in [3.8, 4) is 11.5 Å². The Morgan fingerprint density at radius 2 is 1.58 bits per heavy atom. The van der Waals surface area contributed by atoms with E-state index in [9.17, 15) is 0 Å². The monoisotopic (exact) mass is 255 g/mol. The van der Waals surface area contributed by atoms with Crippen LogP contribution in [0, 0.1) is 0 Å².